The minimum atomic E-state index is -0.317. The Bertz CT molecular complexity index is 355. The SMILES string of the molecule is [O-]c1ncnc2nc[nH]c12. The van der Waals surface area contributed by atoms with Crippen LogP contribution in [0.5, 0.6) is 5.88 Å². The lowest BCUT2D eigenvalue weighted by Crippen LogP contribution is -1.95. The van der Waals surface area contributed by atoms with Crippen molar-refractivity contribution in [2.24, 2.45) is 0 Å². The summed E-state index contributed by atoms with van der Waals surface area (Å²) in [4.78, 5) is 13.6. The van der Waals surface area contributed by atoms with Crippen molar-refractivity contribution in [1.29, 1.82) is 0 Å². The lowest BCUT2D eigenvalue weighted by atomic mass is 10.5. The molecule has 5 nitrogen and oxygen atoms in total. The van der Waals surface area contributed by atoms with Gasteiger partial charge in [0, 0.05) is 5.88 Å². The Morgan fingerprint density at radius 1 is 1.30 bits per heavy atom. The van der Waals surface area contributed by atoms with E-state index in [1.54, 1.807) is 0 Å². The zero-order valence-corrected chi connectivity index (χ0v) is 4.90. The van der Waals surface area contributed by atoms with Crippen LogP contribution in [0.1, 0.15) is 0 Å². The molecular formula is C5H3N4O-. The van der Waals surface area contributed by atoms with Crippen LogP contribution >= 0.6 is 0 Å². The van der Waals surface area contributed by atoms with E-state index in [0.29, 0.717) is 11.2 Å². The maximum atomic E-state index is 10.8. The number of aromatic nitrogens is 4. The number of imidazole rings is 1. The molecule has 50 valence electrons. The zero-order chi connectivity index (χ0) is 6.97. The molecule has 0 aliphatic carbocycles. The van der Waals surface area contributed by atoms with Gasteiger partial charge < -0.3 is 10.1 Å². The van der Waals surface area contributed by atoms with Crippen LogP contribution in [0, 0.1) is 0 Å². The molecule has 0 fully saturated rings. The van der Waals surface area contributed by atoms with Gasteiger partial charge in [-0.15, -0.1) is 0 Å². The predicted octanol–water partition coefficient (Wildman–Crippen LogP) is -0.574. The van der Waals surface area contributed by atoms with Gasteiger partial charge in [-0.3, -0.25) is 4.98 Å². The Hall–Kier alpha value is -1.65. The standard InChI is InChI=1S/C5H4N4O/c10-5-3-4(7-1-6-3)8-2-9-5/h1-2H,(H2,6,7,8,9,10)/p-1. The maximum Gasteiger partial charge on any atom is 0.179 e. The molecule has 2 heterocycles. The Balaban J connectivity index is 2.95. The first-order chi connectivity index (χ1) is 4.88. The second-order valence-corrected chi connectivity index (χ2v) is 1.78. The summed E-state index contributed by atoms with van der Waals surface area (Å²) < 4.78 is 0. The number of aromatic amines is 1. The minimum Gasteiger partial charge on any atom is -0.857 e. The fourth-order valence-electron chi connectivity index (χ4n) is 0.743. The van der Waals surface area contributed by atoms with E-state index in [1.165, 1.54) is 12.7 Å². The van der Waals surface area contributed by atoms with Gasteiger partial charge in [0.15, 0.2) is 5.65 Å². The van der Waals surface area contributed by atoms with E-state index < -0.39 is 0 Å². The van der Waals surface area contributed by atoms with E-state index in [9.17, 15) is 5.11 Å². The highest BCUT2D eigenvalue weighted by Gasteiger charge is 1.94. The molecule has 0 aromatic carbocycles. The number of hydrogen-bond acceptors (Lipinski definition) is 4. The topological polar surface area (TPSA) is 77.5 Å². The molecule has 0 bridgehead atoms. The molecule has 2 aromatic heterocycles. The van der Waals surface area contributed by atoms with E-state index >= 15 is 0 Å². The van der Waals surface area contributed by atoms with Crippen molar-refractivity contribution >= 4 is 11.2 Å². The molecule has 2 rings (SSSR count). The van der Waals surface area contributed by atoms with Crippen LogP contribution in [-0.2, 0) is 0 Å². The van der Waals surface area contributed by atoms with Crippen LogP contribution in [0.4, 0.5) is 0 Å². The largest absolute Gasteiger partial charge is 0.857 e. The fourth-order valence-corrected chi connectivity index (χ4v) is 0.743. The molecule has 0 radical (unpaired) electrons. The summed E-state index contributed by atoms with van der Waals surface area (Å²) in [5.41, 5.74) is 0.780. The Morgan fingerprint density at radius 3 is 3.00 bits per heavy atom. The molecule has 0 atom stereocenters. The first kappa shape index (κ1) is 5.16. The number of fused-ring (bicyclic) bond motifs is 1. The van der Waals surface area contributed by atoms with Crippen molar-refractivity contribution in [3.63, 3.8) is 0 Å². The third kappa shape index (κ3) is 0.540. The fraction of sp³-hybridized carbons (Fsp3) is 0. The summed E-state index contributed by atoms with van der Waals surface area (Å²) in [5, 5.41) is 10.8. The second-order valence-electron chi connectivity index (χ2n) is 1.78. The highest BCUT2D eigenvalue weighted by Crippen LogP contribution is 2.10. The van der Waals surface area contributed by atoms with E-state index in [2.05, 4.69) is 19.9 Å². The van der Waals surface area contributed by atoms with Crippen molar-refractivity contribution in [2.45, 2.75) is 0 Å². The second kappa shape index (κ2) is 1.66. The minimum absolute atomic E-state index is 0.317. The van der Waals surface area contributed by atoms with Crippen LogP contribution in [-0.4, -0.2) is 19.9 Å². The van der Waals surface area contributed by atoms with Crippen LogP contribution in [0.2, 0.25) is 0 Å². The average Bonchev–Trinajstić information content (AvgIpc) is 2.36. The number of nitrogens with zero attached hydrogens (tertiary/aromatic N) is 3. The highest BCUT2D eigenvalue weighted by atomic mass is 16.3. The molecule has 2 aromatic rings. The molecule has 0 aliphatic rings. The summed E-state index contributed by atoms with van der Waals surface area (Å²) in [5.74, 6) is -0.317. The van der Waals surface area contributed by atoms with E-state index in [-0.39, 0.29) is 5.88 Å². The first-order valence-corrected chi connectivity index (χ1v) is 2.69. The lowest BCUT2D eigenvalue weighted by molar-refractivity contribution is -0.272. The summed E-state index contributed by atoms with van der Waals surface area (Å²) in [7, 11) is 0. The molecule has 1 N–H and O–H groups in total. The van der Waals surface area contributed by atoms with Gasteiger partial charge in [0.1, 0.15) is 6.33 Å². The van der Waals surface area contributed by atoms with Crippen LogP contribution in [0.25, 0.3) is 11.2 Å². The van der Waals surface area contributed by atoms with Gasteiger partial charge in [-0.05, 0) is 0 Å². The third-order valence-electron chi connectivity index (χ3n) is 1.19. The Morgan fingerprint density at radius 2 is 2.20 bits per heavy atom. The highest BCUT2D eigenvalue weighted by molar-refractivity contribution is 5.73. The summed E-state index contributed by atoms with van der Waals surface area (Å²) >= 11 is 0. The molecule has 10 heavy (non-hydrogen) atoms. The Kier molecular flexibility index (Phi) is 0.858. The Labute approximate surface area is 55.8 Å². The summed E-state index contributed by atoms with van der Waals surface area (Å²) in [6.07, 6.45) is 2.62. The van der Waals surface area contributed by atoms with Gasteiger partial charge in [0.05, 0.1) is 11.8 Å². The van der Waals surface area contributed by atoms with E-state index in [1.807, 2.05) is 0 Å². The van der Waals surface area contributed by atoms with Crippen molar-refractivity contribution in [1.82, 2.24) is 19.9 Å². The molecule has 0 saturated heterocycles. The van der Waals surface area contributed by atoms with E-state index in [4.69, 9.17) is 0 Å². The summed E-state index contributed by atoms with van der Waals surface area (Å²) in [6, 6.07) is 0. The van der Waals surface area contributed by atoms with Gasteiger partial charge in [-0.2, -0.15) is 0 Å². The van der Waals surface area contributed by atoms with Crippen LogP contribution in [0.15, 0.2) is 12.7 Å². The normalized spacial score (nSPS) is 10.4. The number of hydrogen-bond donors (Lipinski definition) is 1. The maximum absolute atomic E-state index is 10.8. The average molecular weight is 135 g/mol. The van der Waals surface area contributed by atoms with Crippen molar-refractivity contribution in [3.05, 3.63) is 12.7 Å². The van der Waals surface area contributed by atoms with E-state index in [0.717, 1.165) is 0 Å². The molecule has 5 heteroatoms. The van der Waals surface area contributed by atoms with Gasteiger partial charge in [-0.1, -0.05) is 0 Å². The first-order valence-electron chi connectivity index (χ1n) is 2.69. The monoisotopic (exact) mass is 135 g/mol. The number of rotatable bonds is 0. The summed E-state index contributed by atoms with van der Waals surface area (Å²) in [6.45, 7) is 0. The smallest absolute Gasteiger partial charge is 0.179 e. The quantitative estimate of drug-likeness (QED) is 0.524. The van der Waals surface area contributed by atoms with Crippen molar-refractivity contribution < 1.29 is 5.11 Å². The number of H-pyrrole nitrogens is 1. The third-order valence-corrected chi connectivity index (χ3v) is 1.19. The zero-order valence-electron chi connectivity index (χ0n) is 4.90. The molecule has 0 spiro atoms. The molecule has 0 amide bonds. The van der Waals surface area contributed by atoms with Gasteiger partial charge in [0.25, 0.3) is 0 Å². The van der Waals surface area contributed by atoms with Crippen molar-refractivity contribution in [2.75, 3.05) is 0 Å². The van der Waals surface area contributed by atoms with Gasteiger partial charge >= 0.3 is 0 Å². The molecule has 0 aliphatic heterocycles. The van der Waals surface area contributed by atoms with Crippen molar-refractivity contribution in [3.8, 4) is 5.88 Å². The lowest BCUT2D eigenvalue weighted by Gasteiger charge is -2.00. The number of nitrogens with one attached hydrogen (secondary N) is 1. The molecule has 0 unspecified atom stereocenters. The molecule has 0 saturated carbocycles. The predicted molar refractivity (Wildman–Crippen MR) is 31.1 cm³/mol. The van der Waals surface area contributed by atoms with Crippen LogP contribution in [0.3, 0.4) is 0 Å². The van der Waals surface area contributed by atoms with Gasteiger partial charge in [-0.25, -0.2) is 9.97 Å². The molecular weight excluding hydrogens is 132 g/mol. The van der Waals surface area contributed by atoms with Crippen LogP contribution < -0.4 is 5.11 Å². The van der Waals surface area contributed by atoms with Gasteiger partial charge in [0.2, 0.25) is 0 Å².